The number of hydrogen-bond acceptors (Lipinski definition) is 18. The lowest BCUT2D eigenvalue weighted by Gasteiger charge is -2.27. The molecular formula is C84H91ClN6O16. The summed E-state index contributed by atoms with van der Waals surface area (Å²) in [7, 11) is 0. The first-order chi connectivity index (χ1) is 51.6. The summed E-state index contributed by atoms with van der Waals surface area (Å²) in [6.45, 7) is 15.2. The molecule has 0 spiro atoms. The van der Waals surface area contributed by atoms with Crippen LogP contribution >= 0.6 is 11.6 Å². The molecule has 10 aromatic rings. The maximum atomic E-state index is 13.5. The minimum absolute atomic E-state index is 0.0977. The van der Waals surface area contributed by atoms with Crippen LogP contribution in [0.3, 0.4) is 0 Å². The highest BCUT2D eigenvalue weighted by Crippen LogP contribution is 2.37. The number of benzene rings is 10. The number of amides is 6. The van der Waals surface area contributed by atoms with Gasteiger partial charge in [-0.1, -0.05) is 133 Å². The number of halogens is 1. The van der Waals surface area contributed by atoms with Crippen molar-refractivity contribution in [3.8, 4) is 0 Å². The van der Waals surface area contributed by atoms with E-state index >= 15 is 0 Å². The molecule has 22 nitrogen and oxygen atoms in total. The fourth-order valence-electron chi connectivity index (χ4n) is 12.5. The molecule has 560 valence electrons. The van der Waals surface area contributed by atoms with Gasteiger partial charge in [0.25, 0.3) is 23.6 Å². The molecule has 10 aromatic carbocycles. The topological polar surface area (TPSA) is 279 Å². The second-order valence-electron chi connectivity index (χ2n) is 27.4. The van der Waals surface area contributed by atoms with E-state index in [-0.39, 0.29) is 81.5 Å². The van der Waals surface area contributed by atoms with Crippen LogP contribution in [0.4, 0.5) is 15.3 Å². The third-order valence-corrected chi connectivity index (χ3v) is 17.7. The summed E-state index contributed by atoms with van der Waals surface area (Å²) in [6, 6.07) is 54.5. The van der Waals surface area contributed by atoms with Crippen molar-refractivity contribution >= 4 is 130 Å². The van der Waals surface area contributed by atoms with Crippen LogP contribution in [0.2, 0.25) is 5.02 Å². The summed E-state index contributed by atoms with van der Waals surface area (Å²) in [5, 5.41) is 20.7. The van der Waals surface area contributed by atoms with Crippen LogP contribution in [0, 0.1) is 0 Å². The lowest BCUT2D eigenvalue weighted by Crippen LogP contribution is -2.42. The minimum Gasteiger partial charge on any atom is -0.461 e. The molecule has 0 bridgehead atoms. The third-order valence-electron chi connectivity index (χ3n) is 17.4. The number of hydrogen-bond donors (Lipinski definition) is 4. The number of rotatable bonds is 30. The first-order valence-corrected chi connectivity index (χ1v) is 36.2. The van der Waals surface area contributed by atoms with Gasteiger partial charge in [-0.05, 0) is 153 Å². The first kappa shape index (κ1) is 79.0. The Balaban J connectivity index is 0.000000191. The van der Waals surface area contributed by atoms with Crippen molar-refractivity contribution in [1.29, 1.82) is 0 Å². The summed E-state index contributed by atoms with van der Waals surface area (Å²) in [5.41, 5.74) is 8.97. The first-order valence-electron chi connectivity index (χ1n) is 35.9. The molecule has 2 aliphatic heterocycles. The highest BCUT2D eigenvalue weighted by atomic mass is 35.5. The largest absolute Gasteiger partial charge is 0.461 e. The monoisotopic (exact) mass is 1470 g/mol. The Morgan fingerprint density at radius 1 is 0.411 bits per heavy atom. The Kier molecular flexibility index (Phi) is 27.7. The maximum Gasteiger partial charge on any atom is 0.407 e. The van der Waals surface area contributed by atoms with E-state index in [1.54, 1.807) is 90.1 Å². The van der Waals surface area contributed by atoms with E-state index in [1.165, 1.54) is 9.80 Å². The Hall–Kier alpha value is -10.6. The fourth-order valence-corrected chi connectivity index (χ4v) is 12.8. The average molecular weight is 1480 g/mol. The summed E-state index contributed by atoms with van der Waals surface area (Å²) >= 11 is 6.22. The number of nitrogens with zero attached hydrogens (tertiary/aromatic N) is 2. The van der Waals surface area contributed by atoms with Gasteiger partial charge < -0.3 is 59.6 Å². The molecule has 5 N–H and O–H groups in total. The van der Waals surface area contributed by atoms with Crippen molar-refractivity contribution < 1.29 is 76.3 Å². The van der Waals surface area contributed by atoms with Gasteiger partial charge in [0.05, 0.1) is 65.9 Å². The predicted octanol–water partition coefficient (Wildman–Crippen LogP) is 14.7. The molecule has 107 heavy (non-hydrogen) atoms. The van der Waals surface area contributed by atoms with E-state index in [4.69, 9.17) is 55.2 Å². The number of esters is 2. The van der Waals surface area contributed by atoms with Gasteiger partial charge in [-0.25, -0.2) is 9.59 Å². The number of nitrogens with two attached hydrogens (primary N) is 1. The van der Waals surface area contributed by atoms with Crippen molar-refractivity contribution in [2.24, 2.45) is 5.73 Å². The Morgan fingerprint density at radius 3 is 1.20 bits per heavy atom. The smallest absolute Gasteiger partial charge is 0.407 e. The maximum absolute atomic E-state index is 13.5. The molecule has 0 saturated carbocycles. The summed E-state index contributed by atoms with van der Waals surface area (Å²) in [5.74, 6) is -1.93. The van der Waals surface area contributed by atoms with Crippen molar-refractivity contribution in [2.75, 3.05) is 97.4 Å². The van der Waals surface area contributed by atoms with Crippen molar-refractivity contribution in [3.63, 3.8) is 0 Å². The second-order valence-corrected chi connectivity index (χ2v) is 27.8. The average Bonchev–Trinajstić information content (AvgIpc) is 0.752. The quantitative estimate of drug-likeness (QED) is 0.0107. The molecule has 0 aromatic heterocycles. The molecule has 0 aliphatic carbocycles. The molecule has 0 fully saturated rings. The van der Waals surface area contributed by atoms with E-state index in [9.17, 15) is 38.4 Å². The number of carbonyl (C=O) groups is 8. The standard InChI is InChI=1S/C42H45N3O8.C23H27ClN2O6.C19H19NO2/c1-42(2,3)53-41(49)44-20-22-50-24-25-51-23-21-45-39(47)33-15-8-14-32-36(18-17-34(38(32)33)40(45)48)43-19-9-16-37(46)52-27-35-30-12-6-4-10-28(30)26-29-11-5-7-13-31(29)35;1-23(2,3)32-22(29)25-9-11-30-13-14-31-12-10-26-20(27)16-6-4-5-15-18(24)8-7-17(19(15)16)21(26)28;20-11-5-10-19(21)22-13-18-16-8-3-1-6-14(16)12-15-7-2-4-9-17(15)18/h4-8,10-15,17-18,26,43H,9,16,19-25,27H2,1-3H3,(H,44,49);4-8H,9-14H2,1-3H3,(H,25,29);1-4,6-9,12H,5,10-11,13,20H2. The van der Waals surface area contributed by atoms with E-state index in [2.05, 4.69) is 76.6 Å². The zero-order chi connectivity index (χ0) is 76.0. The molecule has 23 heteroatoms. The third kappa shape index (κ3) is 21.1. The van der Waals surface area contributed by atoms with Gasteiger partial charge in [-0.3, -0.25) is 38.6 Å². The Bertz CT molecular complexity index is 4730. The molecule has 2 heterocycles. The molecule has 0 unspecified atom stereocenters. The van der Waals surface area contributed by atoms with Crippen molar-refractivity contribution in [2.45, 2.75) is 91.6 Å². The summed E-state index contributed by atoms with van der Waals surface area (Å²) in [4.78, 5) is 103. The van der Waals surface area contributed by atoms with Crippen LogP contribution in [0.15, 0.2) is 170 Å². The van der Waals surface area contributed by atoms with Crippen molar-refractivity contribution in [3.05, 3.63) is 208 Å². The van der Waals surface area contributed by atoms with Gasteiger partial charge in [0.15, 0.2) is 0 Å². The van der Waals surface area contributed by atoms with Crippen LogP contribution in [0.25, 0.3) is 64.6 Å². The highest BCUT2D eigenvalue weighted by Gasteiger charge is 2.35. The van der Waals surface area contributed by atoms with Crippen LogP contribution in [0.1, 0.15) is 120 Å². The number of imide groups is 2. The van der Waals surface area contributed by atoms with E-state index in [0.29, 0.717) is 129 Å². The zero-order valence-electron chi connectivity index (χ0n) is 61.2. The van der Waals surface area contributed by atoms with Crippen LogP contribution in [0.5, 0.6) is 0 Å². The molecule has 0 saturated heterocycles. The Labute approximate surface area is 626 Å². The van der Waals surface area contributed by atoms with Gasteiger partial charge in [0.2, 0.25) is 0 Å². The van der Waals surface area contributed by atoms with Gasteiger partial charge >= 0.3 is 24.1 Å². The normalized spacial score (nSPS) is 12.6. The summed E-state index contributed by atoms with van der Waals surface area (Å²) in [6.07, 6.45) is 0.817. The Morgan fingerprint density at radius 2 is 0.776 bits per heavy atom. The van der Waals surface area contributed by atoms with Gasteiger partial charge in [-0.15, -0.1) is 0 Å². The zero-order valence-corrected chi connectivity index (χ0v) is 61.9. The van der Waals surface area contributed by atoms with E-state index < -0.39 is 23.4 Å². The number of alkyl carbamates (subject to hydrolysis) is 2. The molecular weight excluding hydrogens is 1380 g/mol. The van der Waals surface area contributed by atoms with Crippen LogP contribution in [-0.4, -0.2) is 161 Å². The SMILES string of the molecule is CC(C)(C)OC(=O)NCCOCCOCCN1C(=O)c2cccc3c(Cl)ccc(c23)C1=O.CC(C)(C)OC(=O)NCCOCCOCCN1C(=O)c2cccc3c(NCCCC(=O)OCc4c5ccccc5cc5ccccc45)ccc(c23)C1=O.NCCCC(=O)OCc1c2ccccc2cc2ccccc12. The van der Waals surface area contributed by atoms with Gasteiger partial charge in [0, 0.05) is 98.1 Å². The molecule has 12 rings (SSSR count). The number of carbonyl (C=O) groups excluding carboxylic acids is 8. The number of fused-ring (bicyclic) bond motifs is 4. The fraction of sp³-hybridized carbons (Fsp3) is 0.333. The molecule has 0 radical (unpaired) electrons. The highest BCUT2D eigenvalue weighted by molar-refractivity contribution is 6.38. The predicted molar refractivity (Wildman–Crippen MR) is 414 cm³/mol. The van der Waals surface area contributed by atoms with E-state index in [0.717, 1.165) is 65.3 Å². The molecule has 0 atom stereocenters. The molecule has 6 amide bonds. The van der Waals surface area contributed by atoms with Gasteiger partial charge in [0.1, 0.15) is 24.4 Å². The number of anilines is 1. The lowest BCUT2D eigenvalue weighted by molar-refractivity contribution is -0.145. The van der Waals surface area contributed by atoms with Crippen molar-refractivity contribution in [1.82, 2.24) is 20.4 Å². The molecule has 2 aliphatic rings. The van der Waals surface area contributed by atoms with Crippen LogP contribution < -0.4 is 21.7 Å². The number of nitrogens with one attached hydrogen (secondary N) is 3. The van der Waals surface area contributed by atoms with E-state index in [1.807, 2.05) is 60.7 Å². The minimum atomic E-state index is -0.567. The lowest BCUT2D eigenvalue weighted by atomic mass is 9.93. The number of ether oxygens (including phenoxy) is 8. The summed E-state index contributed by atoms with van der Waals surface area (Å²) < 4.78 is 43.5. The van der Waals surface area contributed by atoms with Crippen LogP contribution in [-0.2, 0) is 60.7 Å². The second kappa shape index (κ2) is 37.6. The van der Waals surface area contributed by atoms with Gasteiger partial charge in [-0.2, -0.15) is 0 Å².